The Balaban J connectivity index is 2.09. The van der Waals surface area contributed by atoms with Gasteiger partial charge in [-0.2, -0.15) is 0 Å². The lowest BCUT2D eigenvalue weighted by atomic mass is 10.3. The highest BCUT2D eigenvalue weighted by atomic mass is 15.0. The van der Waals surface area contributed by atoms with E-state index in [2.05, 4.69) is 10.3 Å². The number of nitrogens with one attached hydrogen (secondary N) is 2. The first-order valence-electron chi connectivity index (χ1n) is 5.32. The molecule has 0 unspecified atom stereocenters. The molecule has 0 aromatic heterocycles. The number of hydrogen-bond donors (Lipinski definition) is 2. The van der Waals surface area contributed by atoms with Crippen molar-refractivity contribution in [3.63, 3.8) is 0 Å². The highest BCUT2D eigenvalue weighted by Crippen LogP contribution is 2.03. The third-order valence-corrected chi connectivity index (χ3v) is 2.21. The molecule has 0 saturated carbocycles. The number of amidine groups is 1. The maximum atomic E-state index is 3.30. The molecule has 0 aliphatic rings. The standard InChI is InChI=1S/C14H14N2/c1-12(15-13-8-4-2-5-9-13)16-14-10-6-3-7-11-14/h2-11H,1H3,(H,15,16)/p+1. The lowest BCUT2D eigenvalue weighted by Crippen LogP contribution is -2.67. The maximum absolute atomic E-state index is 3.30. The molecule has 0 amide bonds. The van der Waals surface area contributed by atoms with E-state index in [1.807, 2.05) is 67.6 Å². The predicted octanol–water partition coefficient (Wildman–Crippen LogP) is 1.93. The molecule has 2 aromatic rings. The van der Waals surface area contributed by atoms with Crippen molar-refractivity contribution in [3.05, 3.63) is 60.7 Å². The van der Waals surface area contributed by atoms with Gasteiger partial charge in [-0.1, -0.05) is 36.4 Å². The van der Waals surface area contributed by atoms with Crippen molar-refractivity contribution in [2.45, 2.75) is 6.92 Å². The Bertz CT molecular complexity index is 461. The van der Waals surface area contributed by atoms with E-state index in [0.29, 0.717) is 0 Å². The average molecular weight is 211 g/mol. The summed E-state index contributed by atoms with van der Waals surface area (Å²) < 4.78 is 0. The van der Waals surface area contributed by atoms with Crippen LogP contribution >= 0.6 is 0 Å². The van der Waals surface area contributed by atoms with E-state index in [0.717, 1.165) is 17.2 Å². The molecule has 80 valence electrons. The minimum Gasteiger partial charge on any atom is -0.245 e. The Morgan fingerprint density at radius 1 is 0.875 bits per heavy atom. The highest BCUT2D eigenvalue weighted by molar-refractivity contribution is 5.89. The monoisotopic (exact) mass is 211 g/mol. The second-order valence-electron chi connectivity index (χ2n) is 3.61. The summed E-state index contributed by atoms with van der Waals surface area (Å²) in [5.74, 6) is 1.01. The van der Waals surface area contributed by atoms with Crippen LogP contribution in [0.5, 0.6) is 0 Å². The first kappa shape index (κ1) is 10.4. The van der Waals surface area contributed by atoms with Crippen LogP contribution in [0.15, 0.2) is 60.7 Å². The van der Waals surface area contributed by atoms with Crippen LogP contribution in [0, 0.1) is 0 Å². The van der Waals surface area contributed by atoms with Gasteiger partial charge in [-0.05, 0) is 24.3 Å². The molecular weight excluding hydrogens is 196 g/mol. The normalized spacial score (nSPS) is 11.2. The van der Waals surface area contributed by atoms with E-state index in [1.54, 1.807) is 0 Å². The van der Waals surface area contributed by atoms with E-state index in [-0.39, 0.29) is 0 Å². The largest absolute Gasteiger partial charge is 0.249 e. The molecule has 0 saturated heterocycles. The van der Waals surface area contributed by atoms with Crippen molar-refractivity contribution in [1.29, 1.82) is 0 Å². The third-order valence-electron chi connectivity index (χ3n) is 2.21. The van der Waals surface area contributed by atoms with Crippen molar-refractivity contribution >= 4 is 17.2 Å². The van der Waals surface area contributed by atoms with Gasteiger partial charge in [-0.3, -0.25) is 0 Å². The topological polar surface area (TPSA) is 26.0 Å². The molecule has 2 heteroatoms. The number of para-hydroxylation sites is 2. The van der Waals surface area contributed by atoms with Gasteiger partial charge in [0.15, 0.2) is 0 Å². The predicted molar refractivity (Wildman–Crippen MR) is 67.8 cm³/mol. The molecule has 0 atom stereocenters. The van der Waals surface area contributed by atoms with E-state index < -0.39 is 0 Å². The lowest BCUT2D eigenvalue weighted by Gasteiger charge is -1.97. The second-order valence-corrected chi connectivity index (χ2v) is 3.61. The molecule has 0 aliphatic heterocycles. The summed E-state index contributed by atoms with van der Waals surface area (Å²) in [6.07, 6.45) is 0. The molecule has 16 heavy (non-hydrogen) atoms. The lowest BCUT2D eigenvalue weighted by molar-refractivity contribution is -0.354. The Morgan fingerprint density at radius 2 is 1.44 bits per heavy atom. The van der Waals surface area contributed by atoms with Gasteiger partial charge in [0.25, 0.3) is 0 Å². The summed E-state index contributed by atoms with van der Waals surface area (Å²) in [4.78, 5) is 3.30. The van der Waals surface area contributed by atoms with Gasteiger partial charge in [0.05, 0.1) is 0 Å². The average Bonchev–Trinajstić information content (AvgIpc) is 2.31. The van der Waals surface area contributed by atoms with Gasteiger partial charge < -0.3 is 0 Å². The zero-order valence-electron chi connectivity index (χ0n) is 9.27. The minimum absolute atomic E-state index is 1.01. The van der Waals surface area contributed by atoms with E-state index >= 15 is 0 Å². The smallest absolute Gasteiger partial charge is 0.245 e. The van der Waals surface area contributed by atoms with Crippen molar-refractivity contribution in [1.82, 2.24) is 0 Å². The number of anilines is 1. The summed E-state index contributed by atoms with van der Waals surface area (Å²) in [5.41, 5.74) is 2.17. The van der Waals surface area contributed by atoms with Gasteiger partial charge in [0.2, 0.25) is 5.84 Å². The van der Waals surface area contributed by atoms with E-state index in [1.165, 1.54) is 0 Å². The Kier molecular flexibility index (Phi) is 3.34. The van der Waals surface area contributed by atoms with E-state index in [9.17, 15) is 0 Å². The minimum atomic E-state index is 1.01. The molecule has 0 fully saturated rings. The SMILES string of the molecule is CC(Nc1ccccc1)=[NH+]c1ccccc1. The first-order valence-corrected chi connectivity index (χ1v) is 5.32. The fourth-order valence-electron chi connectivity index (χ4n) is 1.51. The Hall–Kier alpha value is -2.09. The van der Waals surface area contributed by atoms with Gasteiger partial charge in [-0.15, -0.1) is 0 Å². The summed E-state index contributed by atoms with van der Waals surface area (Å²) in [7, 11) is 0. The summed E-state index contributed by atoms with van der Waals surface area (Å²) in [6.45, 7) is 2.01. The van der Waals surface area contributed by atoms with Gasteiger partial charge in [-0.25, -0.2) is 10.3 Å². The Labute approximate surface area is 95.7 Å². The fourth-order valence-corrected chi connectivity index (χ4v) is 1.51. The van der Waals surface area contributed by atoms with Crippen molar-refractivity contribution < 1.29 is 4.99 Å². The van der Waals surface area contributed by atoms with Crippen LogP contribution in [0.1, 0.15) is 6.92 Å². The van der Waals surface area contributed by atoms with Crippen molar-refractivity contribution in [3.8, 4) is 0 Å². The molecule has 2 aromatic carbocycles. The van der Waals surface area contributed by atoms with Crippen LogP contribution in [0.3, 0.4) is 0 Å². The molecule has 0 aliphatic carbocycles. The van der Waals surface area contributed by atoms with Gasteiger partial charge in [0.1, 0.15) is 11.4 Å². The summed E-state index contributed by atoms with van der Waals surface area (Å²) in [5, 5.41) is 3.30. The van der Waals surface area contributed by atoms with Crippen LogP contribution < -0.4 is 10.3 Å². The van der Waals surface area contributed by atoms with Gasteiger partial charge in [0, 0.05) is 6.92 Å². The molecule has 0 heterocycles. The van der Waals surface area contributed by atoms with Crippen LogP contribution in [0.25, 0.3) is 0 Å². The van der Waals surface area contributed by atoms with E-state index in [4.69, 9.17) is 0 Å². The molecule has 0 spiro atoms. The highest BCUT2D eigenvalue weighted by Gasteiger charge is 2.00. The number of benzene rings is 2. The van der Waals surface area contributed by atoms with Crippen LogP contribution in [0.2, 0.25) is 0 Å². The van der Waals surface area contributed by atoms with Gasteiger partial charge >= 0.3 is 0 Å². The molecular formula is C14H15N2+. The maximum Gasteiger partial charge on any atom is 0.249 e. The second kappa shape index (κ2) is 5.12. The molecule has 2 N–H and O–H groups in total. The molecule has 0 radical (unpaired) electrons. The summed E-state index contributed by atoms with van der Waals surface area (Å²) >= 11 is 0. The van der Waals surface area contributed by atoms with Crippen molar-refractivity contribution in [2.24, 2.45) is 0 Å². The van der Waals surface area contributed by atoms with Crippen LogP contribution in [0.4, 0.5) is 11.4 Å². The zero-order chi connectivity index (χ0) is 11.2. The van der Waals surface area contributed by atoms with Crippen molar-refractivity contribution in [2.75, 3.05) is 5.32 Å². The molecule has 0 bridgehead atoms. The number of hydrogen-bond acceptors (Lipinski definition) is 0. The number of rotatable bonds is 2. The Morgan fingerprint density at radius 3 is 2.06 bits per heavy atom. The fraction of sp³-hybridized carbons (Fsp3) is 0.0714. The first-order chi connectivity index (χ1) is 7.84. The molecule has 2 rings (SSSR count). The third kappa shape index (κ3) is 2.95. The van der Waals surface area contributed by atoms with Crippen LogP contribution in [-0.4, -0.2) is 5.84 Å². The van der Waals surface area contributed by atoms with Crippen LogP contribution in [-0.2, 0) is 0 Å². The zero-order valence-corrected chi connectivity index (χ0v) is 9.27. The molecule has 2 nitrogen and oxygen atoms in total. The quantitative estimate of drug-likeness (QED) is 0.576. The summed E-state index contributed by atoms with van der Waals surface area (Å²) in [6, 6.07) is 20.2.